The second-order valence-corrected chi connectivity index (χ2v) is 9.37. The fourth-order valence-electron chi connectivity index (χ4n) is 3.01. The predicted molar refractivity (Wildman–Crippen MR) is 102 cm³/mol. The van der Waals surface area contributed by atoms with E-state index in [1.807, 2.05) is 0 Å². The molecule has 3 aromatic heterocycles. The molecule has 3 heterocycles. The van der Waals surface area contributed by atoms with Gasteiger partial charge in [0.05, 0.1) is 22.5 Å². The molecule has 0 bridgehead atoms. The lowest BCUT2D eigenvalue weighted by atomic mass is 10.3. The lowest BCUT2D eigenvalue weighted by Crippen LogP contribution is -2.19. The number of aromatic nitrogens is 5. The van der Waals surface area contributed by atoms with Gasteiger partial charge in [-0.05, 0) is 31.7 Å². The highest BCUT2D eigenvalue weighted by Crippen LogP contribution is 2.37. The molecule has 0 aromatic carbocycles. The van der Waals surface area contributed by atoms with Gasteiger partial charge in [-0.15, -0.1) is 4.09 Å². The van der Waals surface area contributed by atoms with Crippen molar-refractivity contribution in [1.82, 2.24) is 24.1 Å². The zero-order chi connectivity index (χ0) is 21.1. The first kappa shape index (κ1) is 19.0. The summed E-state index contributed by atoms with van der Waals surface area (Å²) in [6.07, 6.45) is 1.59. The molecule has 0 spiro atoms. The zero-order valence-corrected chi connectivity index (χ0v) is 16.2. The van der Waals surface area contributed by atoms with Gasteiger partial charge in [0, 0.05) is 18.4 Å². The summed E-state index contributed by atoms with van der Waals surface area (Å²) in [6, 6.07) is 1.51. The Kier molecular flexibility index (Phi) is 4.14. The van der Waals surface area contributed by atoms with E-state index < -0.39 is 27.0 Å². The van der Waals surface area contributed by atoms with Crippen LogP contribution in [0.4, 0.5) is 30.6 Å². The summed E-state index contributed by atoms with van der Waals surface area (Å²) in [5, 5.41) is 9.52. The Bertz CT molecular complexity index is 1230. The second kappa shape index (κ2) is 6.52. The number of pyridine rings is 1. The predicted octanol–water partition coefficient (Wildman–Crippen LogP) is 2.90. The van der Waals surface area contributed by atoms with E-state index in [1.54, 1.807) is 6.07 Å². The van der Waals surface area contributed by atoms with Gasteiger partial charge in [0.25, 0.3) is 10.0 Å². The molecule has 13 heteroatoms. The van der Waals surface area contributed by atoms with Crippen LogP contribution in [0.15, 0.2) is 24.7 Å². The number of fused-ring (bicyclic) bond motifs is 1. The molecule has 30 heavy (non-hydrogen) atoms. The molecule has 0 unspecified atom stereocenters. The third-order valence-corrected chi connectivity index (χ3v) is 6.95. The van der Waals surface area contributed by atoms with Gasteiger partial charge in [0.2, 0.25) is 5.95 Å². The average Bonchev–Trinajstić information content (AvgIpc) is 3.59. The molecule has 3 aromatic rings. The molecular weight excluding hydrogens is 423 g/mol. The smallest absolute Gasteiger partial charge is 0.367 e. The third kappa shape index (κ3) is 3.42. The van der Waals surface area contributed by atoms with Crippen LogP contribution in [-0.2, 0) is 16.2 Å². The number of alkyl halides is 3. The molecule has 0 saturated heterocycles. The maximum Gasteiger partial charge on any atom is 0.421 e. The largest absolute Gasteiger partial charge is 0.421 e. The number of anilines is 3. The van der Waals surface area contributed by atoms with Gasteiger partial charge < -0.3 is 10.6 Å². The van der Waals surface area contributed by atoms with Crippen LogP contribution in [0.3, 0.4) is 0 Å². The summed E-state index contributed by atoms with van der Waals surface area (Å²) < 4.78 is 65.7. The number of nitrogens with zero attached hydrogens (tertiary/aromatic N) is 5. The summed E-state index contributed by atoms with van der Waals surface area (Å²) in [6.45, 7) is 0. The minimum Gasteiger partial charge on any atom is -0.367 e. The SMILES string of the molecule is O=S(=O)(C1CC1)n1ncc2c(Nc3ncc(C(F)(F)F)c(NC4CC4)n3)ccnc21. The van der Waals surface area contributed by atoms with Gasteiger partial charge in [-0.2, -0.15) is 23.3 Å². The molecule has 2 fully saturated rings. The number of hydrogen-bond donors (Lipinski definition) is 2. The Morgan fingerprint density at radius 1 is 1.10 bits per heavy atom. The molecule has 2 N–H and O–H groups in total. The molecule has 2 aliphatic carbocycles. The number of halogens is 3. The maximum atomic E-state index is 13.3. The highest BCUT2D eigenvalue weighted by molar-refractivity contribution is 7.90. The Labute approximate surface area is 168 Å². The normalized spacial score (nSPS) is 17.3. The average molecular weight is 439 g/mol. The van der Waals surface area contributed by atoms with Crippen LogP contribution in [0.25, 0.3) is 11.0 Å². The van der Waals surface area contributed by atoms with E-state index in [0.717, 1.165) is 23.1 Å². The lowest BCUT2D eigenvalue weighted by molar-refractivity contribution is -0.137. The monoisotopic (exact) mass is 439 g/mol. The van der Waals surface area contributed by atoms with Crippen molar-refractivity contribution in [3.8, 4) is 0 Å². The van der Waals surface area contributed by atoms with Crippen LogP contribution >= 0.6 is 0 Å². The summed E-state index contributed by atoms with van der Waals surface area (Å²) >= 11 is 0. The number of hydrogen-bond acceptors (Lipinski definition) is 8. The molecule has 2 aliphatic rings. The van der Waals surface area contributed by atoms with Crippen molar-refractivity contribution >= 4 is 38.5 Å². The Hall–Kier alpha value is -2.96. The number of nitrogens with one attached hydrogen (secondary N) is 2. The second-order valence-electron chi connectivity index (χ2n) is 7.32. The van der Waals surface area contributed by atoms with Crippen molar-refractivity contribution in [3.05, 3.63) is 30.2 Å². The van der Waals surface area contributed by atoms with E-state index in [9.17, 15) is 21.6 Å². The number of rotatable bonds is 6. The first-order valence-corrected chi connectivity index (χ1v) is 10.8. The Morgan fingerprint density at radius 3 is 2.53 bits per heavy atom. The molecule has 0 aliphatic heterocycles. The minimum absolute atomic E-state index is 0.0349. The van der Waals surface area contributed by atoms with Gasteiger partial charge >= 0.3 is 6.18 Å². The topological polar surface area (TPSA) is 115 Å². The molecule has 0 radical (unpaired) electrons. The van der Waals surface area contributed by atoms with Crippen LogP contribution in [0.2, 0.25) is 0 Å². The van der Waals surface area contributed by atoms with Crippen LogP contribution in [0.5, 0.6) is 0 Å². The fraction of sp³-hybridized carbons (Fsp3) is 0.412. The highest BCUT2D eigenvalue weighted by Gasteiger charge is 2.39. The molecule has 2 saturated carbocycles. The van der Waals surface area contributed by atoms with Crippen LogP contribution in [-0.4, -0.2) is 43.8 Å². The van der Waals surface area contributed by atoms with Crippen LogP contribution < -0.4 is 10.6 Å². The molecule has 158 valence electrons. The third-order valence-electron chi connectivity index (χ3n) is 4.89. The van der Waals surface area contributed by atoms with Gasteiger partial charge in [-0.25, -0.2) is 18.4 Å². The van der Waals surface area contributed by atoms with Gasteiger partial charge in [-0.1, -0.05) is 0 Å². The van der Waals surface area contributed by atoms with Crippen molar-refractivity contribution in [2.24, 2.45) is 0 Å². The lowest BCUT2D eigenvalue weighted by Gasteiger charge is -2.14. The molecule has 0 atom stereocenters. The van der Waals surface area contributed by atoms with E-state index >= 15 is 0 Å². The van der Waals surface area contributed by atoms with Crippen molar-refractivity contribution in [3.63, 3.8) is 0 Å². The fourth-order valence-corrected chi connectivity index (χ4v) is 4.59. The van der Waals surface area contributed by atoms with E-state index in [2.05, 4.69) is 30.7 Å². The van der Waals surface area contributed by atoms with E-state index in [1.165, 1.54) is 12.4 Å². The van der Waals surface area contributed by atoms with Crippen LogP contribution in [0, 0.1) is 0 Å². The Morgan fingerprint density at radius 2 is 1.87 bits per heavy atom. The Balaban J connectivity index is 1.51. The van der Waals surface area contributed by atoms with Crippen molar-refractivity contribution in [1.29, 1.82) is 0 Å². The quantitative estimate of drug-likeness (QED) is 0.603. The molecule has 9 nitrogen and oxygen atoms in total. The highest BCUT2D eigenvalue weighted by atomic mass is 32.2. The van der Waals surface area contributed by atoms with Crippen molar-refractivity contribution < 1.29 is 21.6 Å². The van der Waals surface area contributed by atoms with Gasteiger partial charge in [0.1, 0.15) is 11.4 Å². The first-order valence-electron chi connectivity index (χ1n) is 9.28. The molecule has 5 rings (SSSR count). The zero-order valence-electron chi connectivity index (χ0n) is 15.4. The summed E-state index contributed by atoms with van der Waals surface area (Å²) in [5.74, 6) is -0.351. The molecular formula is C17H16F3N7O2S. The van der Waals surface area contributed by atoms with Crippen LogP contribution in [0.1, 0.15) is 31.2 Å². The summed E-state index contributed by atoms with van der Waals surface area (Å²) in [5.41, 5.74) is -0.423. The van der Waals surface area contributed by atoms with Gasteiger partial charge in [-0.3, -0.25) is 0 Å². The van der Waals surface area contributed by atoms with Crippen molar-refractivity contribution in [2.75, 3.05) is 10.6 Å². The first-order chi connectivity index (χ1) is 14.2. The maximum absolute atomic E-state index is 13.3. The minimum atomic E-state index is -4.59. The van der Waals surface area contributed by atoms with E-state index in [0.29, 0.717) is 23.9 Å². The van der Waals surface area contributed by atoms with Crippen molar-refractivity contribution in [2.45, 2.75) is 43.2 Å². The standard InChI is InChI=1S/C17H16F3N7O2S/c18-17(19,20)12-8-22-16(26-14(12)24-9-1-2-9)25-13-5-6-21-15-11(13)7-23-27(15)30(28,29)10-3-4-10/h5-10H,1-4H2,(H2,21,22,24,25,26). The summed E-state index contributed by atoms with van der Waals surface area (Å²) in [4.78, 5) is 11.9. The summed E-state index contributed by atoms with van der Waals surface area (Å²) in [7, 11) is -3.62. The van der Waals surface area contributed by atoms with Gasteiger partial charge in [0.15, 0.2) is 5.65 Å². The molecule has 0 amide bonds. The van der Waals surface area contributed by atoms with E-state index in [-0.39, 0.29) is 23.5 Å². The van der Waals surface area contributed by atoms with E-state index in [4.69, 9.17) is 0 Å².